The molecule has 0 spiro atoms. The Morgan fingerprint density at radius 3 is 2.08 bits per heavy atom. The summed E-state index contributed by atoms with van der Waals surface area (Å²) in [7, 11) is -4.12. The molecule has 1 saturated heterocycles. The maximum Gasteiger partial charge on any atom is 0.281 e. The normalized spacial score (nSPS) is 20.5. The molecule has 0 aromatic heterocycles. The van der Waals surface area contributed by atoms with Crippen LogP contribution in [-0.4, -0.2) is 70.0 Å². The van der Waals surface area contributed by atoms with Crippen LogP contribution in [0.5, 0.6) is 0 Å². The van der Waals surface area contributed by atoms with E-state index in [0.717, 1.165) is 29.1 Å². The number of benzene rings is 1. The topological polar surface area (TPSA) is 78.0 Å². The number of nitrogens with zero attached hydrogens (tertiary/aromatic N) is 3. The lowest BCUT2D eigenvalue weighted by Gasteiger charge is -2.34. The summed E-state index contributed by atoms with van der Waals surface area (Å²) < 4.78 is 53.7. The fraction of sp³-hybridized carbons (Fsp3) is 0.600. The minimum Gasteiger partial charge on any atom is -0.207 e. The first kappa shape index (κ1) is 17.8. The molecule has 0 N–H and O–H groups in total. The van der Waals surface area contributed by atoms with Gasteiger partial charge in [0.1, 0.15) is 0 Å². The molecule has 24 heavy (non-hydrogen) atoms. The van der Waals surface area contributed by atoms with Crippen LogP contribution in [0, 0.1) is 0 Å². The maximum absolute atomic E-state index is 12.8. The molecule has 7 nitrogen and oxygen atoms in total. The van der Waals surface area contributed by atoms with E-state index in [4.69, 9.17) is 0 Å². The van der Waals surface area contributed by atoms with E-state index in [1.54, 1.807) is 12.1 Å². The van der Waals surface area contributed by atoms with Crippen molar-refractivity contribution in [3.8, 4) is 0 Å². The molecule has 0 atom stereocenters. The Balaban J connectivity index is 1.76. The van der Waals surface area contributed by atoms with E-state index >= 15 is 0 Å². The highest BCUT2D eigenvalue weighted by Gasteiger charge is 2.34. The standard InChI is InChI=1S/C15H23N3O4S2/c1-16(2)24(21,22)18-10-8-17(9-11-18)23(19,20)15-7-6-13-4-3-5-14(13)12-15/h6-7,12H,3-5,8-11H2,1-2H3. The molecule has 0 bridgehead atoms. The molecule has 9 heteroatoms. The second-order valence-electron chi connectivity index (χ2n) is 6.38. The molecule has 0 saturated carbocycles. The summed E-state index contributed by atoms with van der Waals surface area (Å²) in [5.74, 6) is 0. The molecule has 1 fully saturated rings. The average Bonchev–Trinajstić information content (AvgIpc) is 3.02. The smallest absolute Gasteiger partial charge is 0.207 e. The monoisotopic (exact) mass is 373 g/mol. The van der Waals surface area contributed by atoms with Crippen LogP contribution in [0.2, 0.25) is 0 Å². The Morgan fingerprint density at radius 1 is 0.875 bits per heavy atom. The predicted molar refractivity (Wildman–Crippen MR) is 91.4 cm³/mol. The summed E-state index contributed by atoms with van der Waals surface area (Å²) >= 11 is 0. The van der Waals surface area contributed by atoms with Gasteiger partial charge >= 0.3 is 0 Å². The molecule has 2 aliphatic rings. The Kier molecular flexibility index (Phi) is 4.73. The quantitative estimate of drug-likeness (QED) is 0.760. The first-order chi connectivity index (χ1) is 11.2. The Labute approximate surface area is 144 Å². The van der Waals surface area contributed by atoms with E-state index in [1.807, 2.05) is 6.07 Å². The largest absolute Gasteiger partial charge is 0.281 e. The lowest BCUT2D eigenvalue weighted by molar-refractivity contribution is 0.262. The van der Waals surface area contributed by atoms with Crippen LogP contribution in [0.4, 0.5) is 0 Å². The summed E-state index contributed by atoms with van der Waals surface area (Å²) in [5.41, 5.74) is 2.35. The van der Waals surface area contributed by atoms with E-state index < -0.39 is 20.2 Å². The maximum atomic E-state index is 12.8. The average molecular weight is 374 g/mol. The van der Waals surface area contributed by atoms with Crippen molar-refractivity contribution in [2.75, 3.05) is 40.3 Å². The Hall–Kier alpha value is -1.00. The van der Waals surface area contributed by atoms with Crippen molar-refractivity contribution in [2.45, 2.75) is 24.2 Å². The second kappa shape index (κ2) is 6.38. The predicted octanol–water partition coefficient (Wildman–Crippen LogP) is 0.288. The molecule has 134 valence electrons. The van der Waals surface area contributed by atoms with Gasteiger partial charge < -0.3 is 0 Å². The lowest BCUT2D eigenvalue weighted by atomic mass is 10.1. The van der Waals surface area contributed by atoms with Crippen molar-refractivity contribution in [3.05, 3.63) is 29.3 Å². The van der Waals surface area contributed by atoms with Crippen LogP contribution < -0.4 is 0 Å². The number of fused-ring (bicyclic) bond motifs is 1. The van der Waals surface area contributed by atoms with Gasteiger partial charge in [-0.1, -0.05) is 6.07 Å². The lowest BCUT2D eigenvalue weighted by Crippen LogP contribution is -2.52. The van der Waals surface area contributed by atoms with Crippen LogP contribution in [0.15, 0.2) is 23.1 Å². The van der Waals surface area contributed by atoms with E-state index in [2.05, 4.69) is 0 Å². The minimum atomic E-state index is -3.57. The minimum absolute atomic E-state index is 0.171. The molecule has 1 aromatic carbocycles. The fourth-order valence-corrected chi connectivity index (χ4v) is 5.79. The van der Waals surface area contributed by atoms with Crippen molar-refractivity contribution in [1.82, 2.24) is 12.9 Å². The van der Waals surface area contributed by atoms with Gasteiger partial charge in [0.05, 0.1) is 4.90 Å². The van der Waals surface area contributed by atoms with Gasteiger partial charge in [-0.25, -0.2) is 8.42 Å². The third-order valence-corrected chi connectivity index (χ3v) is 8.53. The van der Waals surface area contributed by atoms with Crippen molar-refractivity contribution < 1.29 is 16.8 Å². The molecule has 1 aliphatic heterocycles. The zero-order valence-electron chi connectivity index (χ0n) is 14.0. The van der Waals surface area contributed by atoms with E-state index in [-0.39, 0.29) is 26.2 Å². The van der Waals surface area contributed by atoms with Crippen molar-refractivity contribution in [3.63, 3.8) is 0 Å². The van der Waals surface area contributed by atoms with Gasteiger partial charge in [0, 0.05) is 40.3 Å². The van der Waals surface area contributed by atoms with Crippen molar-refractivity contribution in [1.29, 1.82) is 0 Å². The molecule has 1 aliphatic carbocycles. The highest BCUT2D eigenvalue weighted by Crippen LogP contribution is 2.27. The summed E-state index contributed by atoms with van der Waals surface area (Å²) in [6.45, 7) is 0.689. The fourth-order valence-electron chi connectivity index (χ4n) is 3.23. The van der Waals surface area contributed by atoms with E-state index in [0.29, 0.717) is 4.90 Å². The summed E-state index contributed by atoms with van der Waals surface area (Å²) in [4.78, 5) is 0.312. The Morgan fingerprint density at radius 2 is 1.46 bits per heavy atom. The van der Waals surface area contributed by atoms with Crippen molar-refractivity contribution >= 4 is 20.2 Å². The van der Waals surface area contributed by atoms with Crippen molar-refractivity contribution in [2.24, 2.45) is 0 Å². The van der Waals surface area contributed by atoms with Gasteiger partial charge in [0.2, 0.25) is 10.0 Å². The summed E-state index contributed by atoms with van der Waals surface area (Å²) in [6.07, 6.45) is 3.00. The van der Waals surface area contributed by atoms with Crippen LogP contribution >= 0.6 is 0 Å². The number of piperazine rings is 1. The molecule has 3 rings (SSSR count). The van der Waals surface area contributed by atoms with Gasteiger partial charge in [-0.2, -0.15) is 21.3 Å². The van der Waals surface area contributed by atoms with Gasteiger partial charge in [-0.15, -0.1) is 0 Å². The second-order valence-corrected chi connectivity index (χ2v) is 10.5. The summed E-state index contributed by atoms with van der Waals surface area (Å²) in [6, 6.07) is 5.35. The van der Waals surface area contributed by atoms with Gasteiger partial charge in [-0.05, 0) is 42.5 Å². The number of rotatable bonds is 4. The molecule has 0 radical (unpaired) electrons. The molecule has 0 amide bonds. The van der Waals surface area contributed by atoms with Crippen LogP contribution in [-0.2, 0) is 33.1 Å². The van der Waals surface area contributed by atoms with E-state index in [9.17, 15) is 16.8 Å². The van der Waals surface area contributed by atoms with Gasteiger partial charge in [-0.3, -0.25) is 0 Å². The Bertz CT molecular complexity index is 826. The first-order valence-electron chi connectivity index (χ1n) is 8.02. The number of hydrogen-bond acceptors (Lipinski definition) is 4. The van der Waals surface area contributed by atoms with Crippen LogP contribution in [0.25, 0.3) is 0 Å². The van der Waals surface area contributed by atoms with Crippen LogP contribution in [0.1, 0.15) is 17.5 Å². The zero-order valence-corrected chi connectivity index (χ0v) is 15.6. The van der Waals surface area contributed by atoms with Gasteiger partial charge in [0.25, 0.3) is 10.2 Å². The molecular formula is C15H23N3O4S2. The van der Waals surface area contributed by atoms with E-state index in [1.165, 1.54) is 28.3 Å². The highest BCUT2D eigenvalue weighted by atomic mass is 32.2. The zero-order chi connectivity index (χ0) is 17.5. The molecule has 0 unspecified atom stereocenters. The first-order valence-corrected chi connectivity index (χ1v) is 10.9. The highest BCUT2D eigenvalue weighted by molar-refractivity contribution is 7.89. The molecule has 1 aromatic rings. The third-order valence-electron chi connectivity index (χ3n) is 4.69. The number of hydrogen-bond donors (Lipinski definition) is 0. The third kappa shape index (κ3) is 3.11. The summed E-state index contributed by atoms with van der Waals surface area (Å²) in [5, 5.41) is 0. The van der Waals surface area contributed by atoms with Gasteiger partial charge in [0.15, 0.2) is 0 Å². The van der Waals surface area contributed by atoms with Crippen LogP contribution in [0.3, 0.4) is 0 Å². The number of aryl methyl sites for hydroxylation is 2. The molecular weight excluding hydrogens is 350 g/mol. The SMILES string of the molecule is CN(C)S(=O)(=O)N1CCN(S(=O)(=O)c2ccc3c(c2)CCC3)CC1. The number of sulfonamides is 1. The molecule has 1 heterocycles.